The minimum atomic E-state index is -1.66. The Kier molecular flexibility index (Phi) is 8.24. The van der Waals surface area contributed by atoms with Gasteiger partial charge in [0.25, 0.3) is 0 Å². The van der Waals surface area contributed by atoms with Crippen LogP contribution in [0.3, 0.4) is 0 Å². The predicted octanol–water partition coefficient (Wildman–Crippen LogP) is 4.60. The SMILES string of the molecule is CCC[C@H](C)C(=O)N[C@H](CCc1ccccc1)C(=O)Nc1ccc(F)c(F)c1F. The van der Waals surface area contributed by atoms with E-state index in [4.69, 9.17) is 0 Å². The number of halogens is 3. The lowest BCUT2D eigenvalue weighted by atomic mass is 10.0. The van der Waals surface area contributed by atoms with E-state index >= 15 is 0 Å². The molecule has 2 amide bonds. The van der Waals surface area contributed by atoms with E-state index in [1.54, 1.807) is 6.92 Å². The second kappa shape index (κ2) is 10.6. The molecule has 0 unspecified atom stereocenters. The Labute approximate surface area is 168 Å². The van der Waals surface area contributed by atoms with Gasteiger partial charge in [0, 0.05) is 5.92 Å². The topological polar surface area (TPSA) is 58.2 Å². The summed E-state index contributed by atoms with van der Waals surface area (Å²) in [6.07, 6.45) is 2.25. The van der Waals surface area contributed by atoms with Crippen molar-refractivity contribution in [3.05, 3.63) is 65.5 Å². The van der Waals surface area contributed by atoms with E-state index in [1.807, 2.05) is 37.3 Å². The summed E-state index contributed by atoms with van der Waals surface area (Å²) < 4.78 is 40.5. The maximum absolute atomic E-state index is 13.9. The molecule has 2 aromatic rings. The van der Waals surface area contributed by atoms with Crippen LogP contribution in [0, 0.1) is 23.4 Å². The normalized spacial score (nSPS) is 12.9. The first-order valence-electron chi connectivity index (χ1n) is 9.62. The molecule has 0 radical (unpaired) electrons. The van der Waals surface area contributed by atoms with E-state index in [9.17, 15) is 22.8 Å². The van der Waals surface area contributed by atoms with Gasteiger partial charge >= 0.3 is 0 Å². The Bertz CT molecular complexity index is 843. The van der Waals surface area contributed by atoms with Crippen molar-refractivity contribution in [1.82, 2.24) is 5.32 Å². The van der Waals surface area contributed by atoms with Gasteiger partial charge < -0.3 is 10.6 Å². The van der Waals surface area contributed by atoms with E-state index in [2.05, 4.69) is 10.6 Å². The first kappa shape index (κ1) is 22.5. The van der Waals surface area contributed by atoms with Gasteiger partial charge in [-0.2, -0.15) is 0 Å². The third-order valence-electron chi connectivity index (χ3n) is 4.66. The van der Waals surface area contributed by atoms with Crippen LogP contribution in [0.15, 0.2) is 42.5 Å². The van der Waals surface area contributed by atoms with Gasteiger partial charge in [0.05, 0.1) is 5.69 Å². The highest BCUT2D eigenvalue weighted by atomic mass is 19.2. The van der Waals surface area contributed by atoms with E-state index < -0.39 is 35.1 Å². The Morgan fingerprint density at radius 3 is 2.28 bits per heavy atom. The molecule has 156 valence electrons. The fraction of sp³-hybridized carbons (Fsp3) is 0.364. The van der Waals surface area contributed by atoms with Crippen LogP contribution in [0.25, 0.3) is 0 Å². The van der Waals surface area contributed by atoms with Crippen molar-refractivity contribution in [2.75, 3.05) is 5.32 Å². The molecular weight excluding hydrogens is 381 g/mol. The highest BCUT2D eigenvalue weighted by Gasteiger charge is 2.25. The minimum absolute atomic E-state index is 0.270. The van der Waals surface area contributed by atoms with Crippen molar-refractivity contribution in [2.24, 2.45) is 5.92 Å². The number of hydrogen-bond acceptors (Lipinski definition) is 2. The van der Waals surface area contributed by atoms with E-state index in [-0.39, 0.29) is 18.2 Å². The van der Waals surface area contributed by atoms with Crippen molar-refractivity contribution in [1.29, 1.82) is 0 Å². The molecule has 2 rings (SSSR count). The number of carbonyl (C=O) groups is 2. The van der Waals surface area contributed by atoms with Gasteiger partial charge in [0.2, 0.25) is 11.8 Å². The monoisotopic (exact) mass is 406 g/mol. The van der Waals surface area contributed by atoms with Crippen LogP contribution in [0.2, 0.25) is 0 Å². The maximum Gasteiger partial charge on any atom is 0.247 e. The first-order valence-corrected chi connectivity index (χ1v) is 9.62. The number of rotatable bonds is 9. The molecule has 0 heterocycles. The molecule has 0 aliphatic carbocycles. The highest BCUT2D eigenvalue weighted by Crippen LogP contribution is 2.20. The fourth-order valence-corrected chi connectivity index (χ4v) is 2.94. The zero-order valence-electron chi connectivity index (χ0n) is 16.5. The fourth-order valence-electron chi connectivity index (χ4n) is 2.94. The van der Waals surface area contributed by atoms with Crippen LogP contribution in [0.1, 0.15) is 38.7 Å². The predicted molar refractivity (Wildman–Crippen MR) is 106 cm³/mol. The van der Waals surface area contributed by atoms with Crippen LogP contribution in [0.4, 0.5) is 18.9 Å². The number of aryl methyl sites for hydroxylation is 1. The number of anilines is 1. The van der Waals surface area contributed by atoms with Crippen molar-refractivity contribution >= 4 is 17.5 Å². The molecule has 7 heteroatoms. The Morgan fingerprint density at radius 1 is 0.931 bits per heavy atom. The lowest BCUT2D eigenvalue weighted by Gasteiger charge is -2.21. The third-order valence-corrected chi connectivity index (χ3v) is 4.66. The van der Waals surface area contributed by atoms with Gasteiger partial charge in [-0.05, 0) is 37.0 Å². The summed E-state index contributed by atoms with van der Waals surface area (Å²) in [5.41, 5.74) is 0.495. The molecule has 0 aliphatic heterocycles. The molecule has 2 aromatic carbocycles. The zero-order chi connectivity index (χ0) is 21.4. The molecule has 0 aromatic heterocycles. The first-order chi connectivity index (χ1) is 13.8. The van der Waals surface area contributed by atoms with Gasteiger partial charge in [0.15, 0.2) is 17.5 Å². The van der Waals surface area contributed by atoms with Crippen LogP contribution < -0.4 is 10.6 Å². The molecule has 2 atom stereocenters. The summed E-state index contributed by atoms with van der Waals surface area (Å²) in [4.78, 5) is 25.1. The summed E-state index contributed by atoms with van der Waals surface area (Å²) in [5.74, 6) is -5.75. The van der Waals surface area contributed by atoms with Crippen molar-refractivity contribution in [3.63, 3.8) is 0 Å². The molecule has 0 bridgehead atoms. The number of benzene rings is 2. The van der Waals surface area contributed by atoms with E-state index in [0.717, 1.165) is 24.1 Å². The van der Waals surface area contributed by atoms with Gasteiger partial charge in [-0.25, -0.2) is 13.2 Å². The molecule has 0 saturated heterocycles. The zero-order valence-corrected chi connectivity index (χ0v) is 16.5. The van der Waals surface area contributed by atoms with E-state index in [1.165, 1.54) is 0 Å². The summed E-state index contributed by atoms with van der Waals surface area (Å²) >= 11 is 0. The molecular formula is C22H25F3N2O2. The van der Waals surface area contributed by atoms with Crippen LogP contribution in [-0.4, -0.2) is 17.9 Å². The summed E-state index contributed by atoms with van der Waals surface area (Å²) in [6, 6.07) is 10.1. The number of carbonyl (C=O) groups excluding carboxylic acids is 2. The Hall–Kier alpha value is -2.83. The Balaban J connectivity index is 2.15. The smallest absolute Gasteiger partial charge is 0.247 e. The molecule has 0 fully saturated rings. The lowest BCUT2D eigenvalue weighted by molar-refractivity contribution is -0.129. The average Bonchev–Trinajstić information content (AvgIpc) is 2.72. The molecule has 4 nitrogen and oxygen atoms in total. The summed E-state index contributed by atoms with van der Waals surface area (Å²) in [7, 11) is 0. The summed E-state index contributed by atoms with van der Waals surface area (Å²) in [6.45, 7) is 3.72. The van der Waals surface area contributed by atoms with Gasteiger partial charge in [-0.3, -0.25) is 9.59 Å². The molecule has 29 heavy (non-hydrogen) atoms. The quantitative estimate of drug-likeness (QED) is 0.598. The van der Waals surface area contributed by atoms with Crippen molar-refractivity contribution in [3.8, 4) is 0 Å². The van der Waals surface area contributed by atoms with E-state index in [0.29, 0.717) is 12.8 Å². The standard InChI is InChI=1S/C22H25F3N2O2/c1-3-7-14(2)21(28)27-18(12-10-15-8-5-4-6-9-15)22(29)26-17-13-11-16(23)19(24)20(17)25/h4-6,8-9,11,13-14,18H,3,7,10,12H2,1-2H3,(H,26,29)(H,27,28)/t14-,18+/m0/s1. The number of amides is 2. The minimum Gasteiger partial charge on any atom is -0.344 e. The van der Waals surface area contributed by atoms with Crippen molar-refractivity contribution in [2.45, 2.75) is 45.6 Å². The average molecular weight is 406 g/mol. The number of hydrogen-bond donors (Lipinski definition) is 2. The van der Waals surface area contributed by atoms with Gasteiger partial charge in [0.1, 0.15) is 6.04 Å². The second-order valence-corrected chi connectivity index (χ2v) is 6.99. The van der Waals surface area contributed by atoms with Crippen LogP contribution in [0.5, 0.6) is 0 Å². The Morgan fingerprint density at radius 2 is 1.62 bits per heavy atom. The van der Waals surface area contributed by atoms with Crippen LogP contribution >= 0.6 is 0 Å². The molecule has 0 spiro atoms. The summed E-state index contributed by atoms with van der Waals surface area (Å²) in [5, 5.41) is 4.95. The maximum atomic E-state index is 13.9. The second-order valence-electron chi connectivity index (χ2n) is 6.99. The van der Waals surface area contributed by atoms with Gasteiger partial charge in [-0.1, -0.05) is 50.6 Å². The molecule has 2 N–H and O–H groups in total. The molecule has 0 aliphatic rings. The van der Waals surface area contributed by atoms with Crippen LogP contribution in [-0.2, 0) is 16.0 Å². The van der Waals surface area contributed by atoms with Crippen molar-refractivity contribution < 1.29 is 22.8 Å². The largest absolute Gasteiger partial charge is 0.344 e. The molecule has 0 saturated carbocycles. The highest BCUT2D eigenvalue weighted by molar-refractivity contribution is 5.97. The lowest BCUT2D eigenvalue weighted by Crippen LogP contribution is -2.46. The van der Waals surface area contributed by atoms with Gasteiger partial charge in [-0.15, -0.1) is 0 Å². The third kappa shape index (κ3) is 6.34. The number of nitrogens with one attached hydrogen (secondary N) is 2.